The van der Waals surface area contributed by atoms with Crippen molar-refractivity contribution in [2.45, 2.75) is 43.2 Å². The summed E-state index contributed by atoms with van der Waals surface area (Å²) in [5, 5.41) is 13.7. The highest BCUT2D eigenvalue weighted by Gasteiger charge is 2.57. The van der Waals surface area contributed by atoms with Gasteiger partial charge in [-0.2, -0.15) is 5.26 Å². The predicted octanol–water partition coefficient (Wildman–Crippen LogP) is 3.43. The maximum atomic E-state index is 14.1. The summed E-state index contributed by atoms with van der Waals surface area (Å²) in [6, 6.07) is 15.5. The number of anilines is 1. The number of carbonyl (C=O) groups excluding carboxylic acids is 3. The fourth-order valence-electron chi connectivity index (χ4n) is 6.02. The van der Waals surface area contributed by atoms with Crippen molar-refractivity contribution in [2.24, 2.45) is 5.92 Å². The standard InChI is InChI=1S/C29H29N5O4/c1-33(26(35)23-13-19-21(31-23)8-5-9-25(19)38-2)24(12-17-10-11-17)27(36)34-16-29(14-18(34)15-30)20-6-3-4-7-22(20)32-28(29)37/h3-9,13,17-18,24,31H,10-12,14,16H2,1-2H3,(H,32,37)/t18-,24-,29-/m0/s1. The van der Waals surface area contributed by atoms with E-state index in [1.807, 2.05) is 42.5 Å². The molecule has 38 heavy (non-hydrogen) atoms. The molecule has 9 nitrogen and oxygen atoms in total. The molecule has 1 aromatic heterocycles. The van der Waals surface area contributed by atoms with Crippen LogP contribution in [0.2, 0.25) is 0 Å². The second-order valence-corrected chi connectivity index (χ2v) is 10.6. The highest BCUT2D eigenvalue weighted by Crippen LogP contribution is 2.47. The number of rotatable bonds is 6. The van der Waals surface area contributed by atoms with E-state index in [-0.39, 0.29) is 30.7 Å². The molecule has 2 fully saturated rings. The van der Waals surface area contributed by atoms with Crippen LogP contribution in [0.1, 0.15) is 41.7 Å². The van der Waals surface area contributed by atoms with Crippen molar-refractivity contribution in [3.8, 4) is 11.8 Å². The molecule has 2 aromatic carbocycles. The molecule has 1 spiro atoms. The van der Waals surface area contributed by atoms with Gasteiger partial charge in [0, 0.05) is 36.6 Å². The summed E-state index contributed by atoms with van der Waals surface area (Å²) in [7, 11) is 3.22. The van der Waals surface area contributed by atoms with Crippen LogP contribution in [0.4, 0.5) is 5.69 Å². The van der Waals surface area contributed by atoms with Crippen LogP contribution in [0.15, 0.2) is 48.5 Å². The molecule has 1 saturated heterocycles. The Balaban J connectivity index is 1.31. The lowest BCUT2D eigenvalue weighted by Crippen LogP contribution is -2.51. The van der Waals surface area contributed by atoms with Crippen molar-refractivity contribution in [1.82, 2.24) is 14.8 Å². The van der Waals surface area contributed by atoms with Crippen molar-refractivity contribution in [1.29, 1.82) is 5.26 Å². The molecule has 0 bridgehead atoms. The normalized spacial score (nSPS) is 22.7. The lowest BCUT2D eigenvalue weighted by molar-refractivity contribution is -0.136. The summed E-state index contributed by atoms with van der Waals surface area (Å²) >= 11 is 0. The first-order valence-electron chi connectivity index (χ1n) is 12.9. The van der Waals surface area contributed by atoms with Crippen molar-refractivity contribution in [3.05, 3.63) is 59.8 Å². The smallest absolute Gasteiger partial charge is 0.270 e. The fourth-order valence-corrected chi connectivity index (χ4v) is 6.02. The Morgan fingerprint density at radius 2 is 2.03 bits per heavy atom. The molecule has 1 aliphatic carbocycles. The van der Waals surface area contributed by atoms with Gasteiger partial charge in [0.15, 0.2) is 0 Å². The molecule has 3 amide bonds. The number of H-pyrrole nitrogens is 1. The van der Waals surface area contributed by atoms with Gasteiger partial charge in [-0.05, 0) is 42.2 Å². The monoisotopic (exact) mass is 511 g/mol. The lowest BCUT2D eigenvalue weighted by atomic mass is 9.80. The van der Waals surface area contributed by atoms with E-state index < -0.39 is 17.5 Å². The number of nitrogens with zero attached hydrogens (tertiary/aromatic N) is 3. The Labute approximate surface area is 220 Å². The minimum atomic E-state index is -0.965. The molecule has 3 heterocycles. The number of nitrogens with one attached hydrogen (secondary N) is 2. The quantitative estimate of drug-likeness (QED) is 0.526. The van der Waals surface area contributed by atoms with Gasteiger partial charge in [0.2, 0.25) is 11.8 Å². The first-order valence-corrected chi connectivity index (χ1v) is 12.9. The van der Waals surface area contributed by atoms with Gasteiger partial charge in [-0.1, -0.05) is 37.1 Å². The van der Waals surface area contributed by atoms with Crippen LogP contribution in [0.25, 0.3) is 10.9 Å². The zero-order chi connectivity index (χ0) is 26.6. The van der Waals surface area contributed by atoms with Crippen LogP contribution in [0.5, 0.6) is 5.75 Å². The number of benzene rings is 2. The van der Waals surface area contributed by atoms with Crippen LogP contribution >= 0.6 is 0 Å². The maximum absolute atomic E-state index is 14.1. The minimum Gasteiger partial charge on any atom is -0.496 e. The second kappa shape index (κ2) is 8.91. The molecule has 2 N–H and O–H groups in total. The first kappa shape index (κ1) is 24.0. The van der Waals surface area contributed by atoms with Gasteiger partial charge in [0.1, 0.15) is 23.5 Å². The summed E-state index contributed by atoms with van der Waals surface area (Å²) in [5.74, 6) is 0.218. The molecule has 3 aromatic rings. The Morgan fingerprint density at radius 1 is 1.24 bits per heavy atom. The van der Waals surface area contributed by atoms with E-state index >= 15 is 0 Å². The van der Waals surface area contributed by atoms with E-state index in [2.05, 4.69) is 16.4 Å². The fraction of sp³-hybridized carbons (Fsp3) is 0.379. The molecule has 6 rings (SSSR count). The van der Waals surface area contributed by atoms with Gasteiger partial charge in [-0.3, -0.25) is 14.4 Å². The van der Waals surface area contributed by atoms with Crippen LogP contribution in [-0.2, 0) is 15.0 Å². The van der Waals surface area contributed by atoms with Crippen molar-refractivity contribution < 1.29 is 19.1 Å². The van der Waals surface area contributed by atoms with Crippen molar-refractivity contribution in [2.75, 3.05) is 26.0 Å². The van der Waals surface area contributed by atoms with Gasteiger partial charge in [0.25, 0.3) is 5.91 Å². The molecular weight excluding hydrogens is 482 g/mol. The average molecular weight is 512 g/mol. The zero-order valence-corrected chi connectivity index (χ0v) is 21.4. The topological polar surface area (TPSA) is 119 Å². The van der Waals surface area contributed by atoms with E-state index in [0.29, 0.717) is 23.8 Å². The largest absolute Gasteiger partial charge is 0.496 e. The maximum Gasteiger partial charge on any atom is 0.270 e. The molecular formula is C29H29N5O4. The summed E-state index contributed by atoms with van der Waals surface area (Å²) in [5.41, 5.74) is 1.70. The Hall–Kier alpha value is -4.32. The van der Waals surface area contributed by atoms with E-state index in [0.717, 1.165) is 35.0 Å². The van der Waals surface area contributed by atoms with Crippen LogP contribution in [-0.4, -0.2) is 65.3 Å². The van der Waals surface area contributed by atoms with Crippen LogP contribution in [0, 0.1) is 17.2 Å². The van der Waals surface area contributed by atoms with Crippen LogP contribution in [0.3, 0.4) is 0 Å². The molecule has 194 valence electrons. The van der Waals surface area contributed by atoms with Gasteiger partial charge in [-0.25, -0.2) is 0 Å². The van der Waals surface area contributed by atoms with Gasteiger partial charge >= 0.3 is 0 Å². The third-order valence-corrected chi connectivity index (χ3v) is 8.32. The number of amides is 3. The highest BCUT2D eigenvalue weighted by molar-refractivity contribution is 6.07. The zero-order valence-electron chi connectivity index (χ0n) is 21.4. The first-order chi connectivity index (χ1) is 18.4. The van der Waals surface area contributed by atoms with E-state index in [4.69, 9.17) is 4.74 Å². The average Bonchev–Trinajstić information content (AvgIpc) is 3.40. The number of likely N-dealkylation sites (tertiary alicyclic amines) is 1. The van der Waals surface area contributed by atoms with Crippen molar-refractivity contribution >= 4 is 34.3 Å². The molecule has 3 atom stereocenters. The number of carbonyl (C=O) groups is 3. The van der Waals surface area contributed by atoms with E-state index in [9.17, 15) is 19.6 Å². The van der Waals surface area contributed by atoms with Gasteiger partial charge in [0.05, 0.1) is 18.6 Å². The second-order valence-electron chi connectivity index (χ2n) is 10.6. The summed E-state index contributed by atoms with van der Waals surface area (Å²) in [6.45, 7) is 0.111. The number of hydrogen-bond acceptors (Lipinski definition) is 5. The molecule has 3 aliphatic rings. The third-order valence-electron chi connectivity index (χ3n) is 8.32. The number of hydrogen-bond donors (Lipinski definition) is 2. The summed E-state index contributed by atoms with van der Waals surface area (Å²) in [6.07, 6.45) is 2.77. The van der Waals surface area contributed by atoms with Crippen LogP contribution < -0.4 is 10.1 Å². The minimum absolute atomic E-state index is 0.111. The summed E-state index contributed by atoms with van der Waals surface area (Å²) in [4.78, 5) is 47.1. The van der Waals surface area contributed by atoms with Gasteiger partial charge in [-0.15, -0.1) is 0 Å². The number of likely N-dealkylation sites (N-methyl/N-ethyl adjacent to an activating group) is 1. The number of aromatic amines is 1. The van der Waals surface area contributed by atoms with Crippen molar-refractivity contribution in [3.63, 3.8) is 0 Å². The number of fused-ring (bicyclic) bond motifs is 3. The number of aromatic nitrogens is 1. The summed E-state index contributed by atoms with van der Waals surface area (Å²) < 4.78 is 5.43. The molecule has 0 radical (unpaired) electrons. The highest BCUT2D eigenvalue weighted by atomic mass is 16.5. The number of ether oxygens (including phenoxy) is 1. The number of para-hydroxylation sites is 1. The molecule has 2 aliphatic heterocycles. The Bertz CT molecular complexity index is 1500. The molecule has 9 heteroatoms. The van der Waals surface area contributed by atoms with E-state index in [1.165, 1.54) is 9.80 Å². The SMILES string of the molecule is COc1cccc2[nH]c(C(=O)N(C)[C@@H](CC3CC3)C(=O)N3C[C@]4(C[C@H]3C#N)C(=O)Nc3ccccc34)cc12. The lowest BCUT2D eigenvalue weighted by Gasteiger charge is -2.32. The van der Waals surface area contributed by atoms with Gasteiger partial charge < -0.3 is 24.8 Å². The predicted molar refractivity (Wildman–Crippen MR) is 141 cm³/mol. The molecule has 1 saturated carbocycles. The Kier molecular flexibility index (Phi) is 5.64. The number of methoxy groups -OCH3 is 1. The number of nitriles is 1. The molecule has 0 unspecified atom stereocenters. The van der Waals surface area contributed by atoms with E-state index in [1.54, 1.807) is 20.2 Å². The Morgan fingerprint density at radius 3 is 2.76 bits per heavy atom. The third kappa shape index (κ3) is 3.71.